The molecule has 2 aliphatic rings. The SMILES string of the molecule is O=C1CCc2cc(C(=O)CC3CCC3)c(F)cc2N1. The zero-order chi connectivity index (χ0) is 13.4. The molecule has 0 atom stereocenters. The number of ketones is 1. The Labute approximate surface area is 111 Å². The van der Waals surface area contributed by atoms with E-state index in [4.69, 9.17) is 0 Å². The van der Waals surface area contributed by atoms with Gasteiger partial charge in [0.2, 0.25) is 5.91 Å². The summed E-state index contributed by atoms with van der Waals surface area (Å²) in [5.41, 5.74) is 1.55. The minimum absolute atomic E-state index is 0.0968. The first kappa shape index (κ1) is 12.3. The minimum atomic E-state index is -0.523. The topological polar surface area (TPSA) is 46.2 Å². The number of aryl methyl sites for hydroxylation is 1. The summed E-state index contributed by atoms with van der Waals surface area (Å²) in [6.07, 6.45) is 4.75. The van der Waals surface area contributed by atoms with Gasteiger partial charge in [0, 0.05) is 18.5 Å². The number of halogens is 1. The lowest BCUT2D eigenvalue weighted by Gasteiger charge is -2.25. The first-order chi connectivity index (χ1) is 9.13. The van der Waals surface area contributed by atoms with E-state index in [1.807, 2.05) is 0 Å². The molecule has 1 aliphatic heterocycles. The van der Waals surface area contributed by atoms with Crippen molar-refractivity contribution >= 4 is 17.4 Å². The Morgan fingerprint density at radius 1 is 1.32 bits per heavy atom. The molecule has 1 N–H and O–H groups in total. The number of fused-ring (bicyclic) bond motifs is 1. The van der Waals surface area contributed by atoms with E-state index in [0.29, 0.717) is 30.9 Å². The van der Waals surface area contributed by atoms with Crippen molar-refractivity contribution in [2.24, 2.45) is 5.92 Å². The van der Waals surface area contributed by atoms with Gasteiger partial charge in [0.05, 0.1) is 5.56 Å². The van der Waals surface area contributed by atoms with Crippen LogP contribution in [0.4, 0.5) is 10.1 Å². The molecule has 1 aromatic rings. The molecule has 1 aromatic carbocycles. The van der Waals surface area contributed by atoms with Crippen LogP contribution in [0.25, 0.3) is 0 Å². The average Bonchev–Trinajstić information content (AvgIpc) is 2.32. The lowest BCUT2D eigenvalue weighted by atomic mass is 9.80. The molecule has 1 fully saturated rings. The second kappa shape index (κ2) is 4.76. The summed E-state index contributed by atoms with van der Waals surface area (Å²) in [4.78, 5) is 23.3. The Bertz CT molecular complexity index is 549. The quantitative estimate of drug-likeness (QED) is 0.850. The lowest BCUT2D eigenvalue weighted by molar-refractivity contribution is -0.116. The van der Waals surface area contributed by atoms with Gasteiger partial charge < -0.3 is 5.32 Å². The molecular weight excluding hydrogens is 245 g/mol. The molecule has 4 heteroatoms. The fraction of sp³-hybridized carbons (Fsp3) is 0.467. The number of nitrogens with one attached hydrogen (secondary N) is 1. The number of hydrogen-bond donors (Lipinski definition) is 1. The van der Waals surface area contributed by atoms with Gasteiger partial charge in [-0.2, -0.15) is 0 Å². The number of carbonyl (C=O) groups excluding carboxylic acids is 2. The smallest absolute Gasteiger partial charge is 0.224 e. The number of hydrogen-bond acceptors (Lipinski definition) is 2. The summed E-state index contributed by atoms with van der Waals surface area (Å²) >= 11 is 0. The van der Waals surface area contributed by atoms with Crippen molar-refractivity contribution in [1.29, 1.82) is 0 Å². The fourth-order valence-corrected chi connectivity index (χ4v) is 2.68. The van der Waals surface area contributed by atoms with Crippen LogP contribution in [0.5, 0.6) is 0 Å². The molecular formula is C15H16FNO2. The van der Waals surface area contributed by atoms with E-state index in [0.717, 1.165) is 18.4 Å². The standard InChI is InChI=1S/C15H16FNO2/c16-12-8-13-10(4-5-15(19)17-13)7-11(12)14(18)6-9-2-1-3-9/h7-9H,1-6H2,(H,17,19). The van der Waals surface area contributed by atoms with Gasteiger partial charge in [0.15, 0.2) is 5.78 Å². The molecule has 1 saturated carbocycles. The van der Waals surface area contributed by atoms with E-state index in [2.05, 4.69) is 5.32 Å². The fourth-order valence-electron chi connectivity index (χ4n) is 2.68. The average molecular weight is 261 g/mol. The third-order valence-corrected chi connectivity index (χ3v) is 4.09. The van der Waals surface area contributed by atoms with Crippen molar-refractivity contribution in [3.63, 3.8) is 0 Å². The van der Waals surface area contributed by atoms with Gasteiger partial charge in [-0.05, 0) is 30.0 Å². The maximum atomic E-state index is 14.0. The highest BCUT2D eigenvalue weighted by molar-refractivity contribution is 5.99. The second-order valence-corrected chi connectivity index (χ2v) is 5.46. The Morgan fingerprint density at radius 2 is 2.11 bits per heavy atom. The molecule has 3 rings (SSSR count). The van der Waals surface area contributed by atoms with Crippen LogP contribution in [0.1, 0.15) is 48.0 Å². The summed E-state index contributed by atoms with van der Waals surface area (Å²) < 4.78 is 14.0. The highest BCUT2D eigenvalue weighted by Gasteiger charge is 2.25. The summed E-state index contributed by atoms with van der Waals surface area (Å²) in [5, 5.41) is 2.64. The van der Waals surface area contributed by atoms with E-state index in [-0.39, 0.29) is 17.3 Å². The normalized spacial score (nSPS) is 18.5. The molecule has 19 heavy (non-hydrogen) atoms. The molecule has 0 aromatic heterocycles. The second-order valence-electron chi connectivity index (χ2n) is 5.46. The number of anilines is 1. The van der Waals surface area contributed by atoms with Gasteiger partial charge in [-0.15, -0.1) is 0 Å². The summed E-state index contributed by atoms with van der Waals surface area (Å²) in [5.74, 6) is -0.296. The lowest BCUT2D eigenvalue weighted by Crippen LogP contribution is -2.21. The Balaban J connectivity index is 1.85. The maximum absolute atomic E-state index is 14.0. The summed E-state index contributed by atoms with van der Waals surface area (Å²) in [6.45, 7) is 0. The zero-order valence-corrected chi connectivity index (χ0v) is 10.7. The monoisotopic (exact) mass is 261 g/mol. The van der Waals surface area contributed by atoms with E-state index in [9.17, 15) is 14.0 Å². The predicted molar refractivity (Wildman–Crippen MR) is 69.6 cm³/mol. The van der Waals surface area contributed by atoms with Crippen molar-refractivity contribution < 1.29 is 14.0 Å². The van der Waals surface area contributed by atoms with E-state index in [1.165, 1.54) is 12.5 Å². The van der Waals surface area contributed by atoms with Gasteiger partial charge in [0.25, 0.3) is 0 Å². The van der Waals surface area contributed by atoms with E-state index in [1.54, 1.807) is 6.07 Å². The Hall–Kier alpha value is -1.71. The van der Waals surface area contributed by atoms with Crippen molar-refractivity contribution in [2.45, 2.75) is 38.5 Å². The molecule has 1 heterocycles. The van der Waals surface area contributed by atoms with Crippen LogP contribution in [0.2, 0.25) is 0 Å². The van der Waals surface area contributed by atoms with Crippen molar-refractivity contribution in [1.82, 2.24) is 0 Å². The Kier molecular flexibility index (Phi) is 3.09. The van der Waals surface area contributed by atoms with E-state index >= 15 is 0 Å². The van der Waals surface area contributed by atoms with Crippen molar-refractivity contribution in [3.05, 3.63) is 29.1 Å². The number of amides is 1. The van der Waals surface area contributed by atoms with Gasteiger partial charge in [-0.3, -0.25) is 9.59 Å². The number of carbonyl (C=O) groups is 2. The molecule has 0 spiro atoms. The van der Waals surface area contributed by atoms with Crippen LogP contribution in [0.15, 0.2) is 12.1 Å². The predicted octanol–water partition coefficient (Wildman–Crippen LogP) is 3.08. The largest absolute Gasteiger partial charge is 0.326 e. The first-order valence-corrected chi connectivity index (χ1v) is 6.79. The number of Topliss-reactive ketones (excluding diaryl/α,β-unsaturated/α-hetero) is 1. The molecule has 0 radical (unpaired) electrons. The van der Waals surface area contributed by atoms with E-state index < -0.39 is 5.82 Å². The number of rotatable bonds is 3. The number of benzene rings is 1. The molecule has 0 saturated heterocycles. The summed E-state index contributed by atoms with van der Waals surface area (Å²) in [6, 6.07) is 2.89. The molecule has 3 nitrogen and oxygen atoms in total. The third kappa shape index (κ3) is 2.39. The molecule has 1 amide bonds. The molecule has 100 valence electrons. The van der Waals surface area contributed by atoms with Crippen molar-refractivity contribution in [2.75, 3.05) is 5.32 Å². The van der Waals surface area contributed by atoms with Crippen LogP contribution in [0.3, 0.4) is 0 Å². The van der Waals surface area contributed by atoms with Crippen LogP contribution in [-0.2, 0) is 11.2 Å². The van der Waals surface area contributed by atoms with Gasteiger partial charge in [-0.25, -0.2) is 4.39 Å². The van der Waals surface area contributed by atoms with Gasteiger partial charge >= 0.3 is 0 Å². The van der Waals surface area contributed by atoms with Gasteiger partial charge in [-0.1, -0.05) is 19.3 Å². The van der Waals surface area contributed by atoms with Crippen LogP contribution >= 0.6 is 0 Å². The Morgan fingerprint density at radius 3 is 2.79 bits per heavy atom. The summed E-state index contributed by atoms with van der Waals surface area (Å²) in [7, 11) is 0. The molecule has 0 unspecified atom stereocenters. The minimum Gasteiger partial charge on any atom is -0.326 e. The molecule has 1 aliphatic carbocycles. The van der Waals surface area contributed by atoms with Gasteiger partial charge in [0.1, 0.15) is 5.82 Å². The maximum Gasteiger partial charge on any atom is 0.224 e. The zero-order valence-electron chi connectivity index (χ0n) is 10.7. The van der Waals surface area contributed by atoms with Crippen molar-refractivity contribution in [3.8, 4) is 0 Å². The third-order valence-electron chi connectivity index (χ3n) is 4.09. The van der Waals surface area contributed by atoms with Crippen LogP contribution in [-0.4, -0.2) is 11.7 Å². The first-order valence-electron chi connectivity index (χ1n) is 6.79. The van der Waals surface area contributed by atoms with Crippen LogP contribution in [0, 0.1) is 11.7 Å². The molecule has 0 bridgehead atoms. The van der Waals surface area contributed by atoms with Crippen LogP contribution < -0.4 is 5.32 Å². The highest BCUT2D eigenvalue weighted by atomic mass is 19.1. The highest BCUT2D eigenvalue weighted by Crippen LogP contribution is 2.32.